The molecule has 0 aliphatic heterocycles. The zero-order valence-corrected chi connectivity index (χ0v) is 25.1. The number of nitrogens with zero attached hydrogens (tertiary/aromatic N) is 4. The smallest absolute Gasteiger partial charge is 0.260 e. The van der Waals surface area contributed by atoms with E-state index in [9.17, 15) is 13.2 Å². The summed E-state index contributed by atoms with van der Waals surface area (Å²) in [6.07, 6.45) is 2.29. The number of carbonyl (C=O) groups is 1. The summed E-state index contributed by atoms with van der Waals surface area (Å²) < 4.78 is 28.8. The first-order valence-corrected chi connectivity index (χ1v) is 14.8. The minimum Gasteiger partial charge on any atom is -0.309 e. The SMILES string of the molecule is CCCN(CCC)S(=O)(=O)c1ccc(C(=O)N(CCCN(C)C)c2nc3c(C)c(C)ccc3s2)cc1.Cl. The van der Waals surface area contributed by atoms with E-state index in [0.29, 0.717) is 30.3 Å². The van der Waals surface area contributed by atoms with E-state index >= 15 is 0 Å². The molecule has 0 bridgehead atoms. The fourth-order valence-corrected chi connectivity index (χ4v) is 6.76. The van der Waals surface area contributed by atoms with Crippen molar-refractivity contribution >= 4 is 55.0 Å². The van der Waals surface area contributed by atoms with Crippen LogP contribution in [0.2, 0.25) is 0 Å². The lowest BCUT2D eigenvalue weighted by atomic mass is 10.1. The largest absolute Gasteiger partial charge is 0.309 e. The number of rotatable bonds is 12. The molecule has 37 heavy (non-hydrogen) atoms. The Morgan fingerprint density at radius 3 is 2.11 bits per heavy atom. The number of carbonyl (C=O) groups excluding carboxylic acids is 1. The summed E-state index contributed by atoms with van der Waals surface area (Å²) in [5.74, 6) is -0.176. The maximum atomic E-state index is 13.7. The summed E-state index contributed by atoms with van der Waals surface area (Å²) in [6.45, 7) is 10.4. The molecule has 3 aromatic rings. The third-order valence-electron chi connectivity index (χ3n) is 6.22. The molecule has 0 saturated heterocycles. The number of hydrogen-bond acceptors (Lipinski definition) is 6. The summed E-state index contributed by atoms with van der Waals surface area (Å²) in [6, 6.07) is 10.5. The highest BCUT2D eigenvalue weighted by atomic mass is 35.5. The molecule has 0 fully saturated rings. The quantitative estimate of drug-likeness (QED) is 0.279. The van der Waals surface area contributed by atoms with Crippen molar-refractivity contribution < 1.29 is 13.2 Å². The maximum absolute atomic E-state index is 13.7. The van der Waals surface area contributed by atoms with Crippen molar-refractivity contribution in [1.82, 2.24) is 14.2 Å². The van der Waals surface area contributed by atoms with Gasteiger partial charge in [-0.1, -0.05) is 31.3 Å². The number of hydrogen-bond donors (Lipinski definition) is 0. The van der Waals surface area contributed by atoms with Crippen LogP contribution >= 0.6 is 23.7 Å². The Hall–Kier alpha value is -2.04. The van der Waals surface area contributed by atoms with E-state index in [2.05, 4.69) is 30.9 Å². The minimum atomic E-state index is -3.60. The van der Waals surface area contributed by atoms with E-state index < -0.39 is 10.0 Å². The van der Waals surface area contributed by atoms with Gasteiger partial charge in [-0.3, -0.25) is 9.69 Å². The van der Waals surface area contributed by atoms with Gasteiger partial charge in [-0.15, -0.1) is 12.4 Å². The molecule has 1 heterocycles. The Labute approximate surface area is 231 Å². The predicted molar refractivity (Wildman–Crippen MR) is 157 cm³/mol. The van der Waals surface area contributed by atoms with E-state index in [1.807, 2.05) is 27.9 Å². The first kappa shape index (κ1) is 31.2. The third kappa shape index (κ3) is 7.29. The minimum absolute atomic E-state index is 0. The zero-order chi connectivity index (χ0) is 26.5. The number of anilines is 1. The first-order valence-electron chi connectivity index (χ1n) is 12.5. The van der Waals surface area contributed by atoms with Gasteiger partial charge in [0.25, 0.3) is 5.91 Å². The van der Waals surface area contributed by atoms with Crippen LogP contribution < -0.4 is 4.90 Å². The average molecular weight is 567 g/mol. The number of aryl methyl sites for hydroxylation is 2. The maximum Gasteiger partial charge on any atom is 0.260 e. The van der Waals surface area contributed by atoms with Crippen molar-refractivity contribution in [3.63, 3.8) is 0 Å². The van der Waals surface area contributed by atoms with Crippen LogP contribution in [-0.2, 0) is 10.0 Å². The van der Waals surface area contributed by atoms with E-state index in [0.717, 1.165) is 41.6 Å². The highest BCUT2D eigenvalue weighted by molar-refractivity contribution is 7.89. The van der Waals surface area contributed by atoms with Crippen LogP contribution in [0.1, 0.15) is 54.6 Å². The number of aromatic nitrogens is 1. The van der Waals surface area contributed by atoms with Crippen LogP contribution in [0.15, 0.2) is 41.3 Å². The Kier molecular flexibility index (Phi) is 11.5. The van der Waals surface area contributed by atoms with Gasteiger partial charge in [0.15, 0.2) is 5.13 Å². The number of halogens is 1. The van der Waals surface area contributed by atoms with Crippen LogP contribution in [0, 0.1) is 13.8 Å². The lowest BCUT2D eigenvalue weighted by molar-refractivity contribution is 0.0986. The van der Waals surface area contributed by atoms with Crippen LogP contribution in [0.5, 0.6) is 0 Å². The molecule has 0 spiro atoms. The third-order valence-corrected chi connectivity index (χ3v) is 9.18. The van der Waals surface area contributed by atoms with Crippen LogP contribution in [0.3, 0.4) is 0 Å². The van der Waals surface area contributed by atoms with Gasteiger partial charge >= 0.3 is 0 Å². The Morgan fingerprint density at radius 1 is 0.919 bits per heavy atom. The summed E-state index contributed by atoms with van der Waals surface area (Å²) in [5.41, 5.74) is 3.66. The van der Waals surface area contributed by atoms with Crippen molar-refractivity contribution in [2.24, 2.45) is 0 Å². The van der Waals surface area contributed by atoms with E-state index in [1.54, 1.807) is 29.2 Å². The van der Waals surface area contributed by atoms with Crippen molar-refractivity contribution in [1.29, 1.82) is 0 Å². The lowest BCUT2D eigenvalue weighted by Gasteiger charge is -2.22. The number of thiazole rings is 1. The number of fused-ring (bicyclic) bond motifs is 1. The molecule has 2 aromatic carbocycles. The average Bonchev–Trinajstić information content (AvgIpc) is 3.28. The fourth-order valence-electron chi connectivity index (χ4n) is 4.08. The molecule has 204 valence electrons. The van der Waals surface area contributed by atoms with Gasteiger partial charge in [-0.25, -0.2) is 13.4 Å². The van der Waals surface area contributed by atoms with Gasteiger partial charge in [-0.2, -0.15) is 4.31 Å². The Morgan fingerprint density at radius 2 is 1.54 bits per heavy atom. The lowest BCUT2D eigenvalue weighted by Crippen LogP contribution is -2.34. The van der Waals surface area contributed by atoms with Gasteiger partial charge in [-0.05, 0) is 95.2 Å². The van der Waals surface area contributed by atoms with Crippen molar-refractivity contribution in [3.8, 4) is 0 Å². The summed E-state index contributed by atoms with van der Waals surface area (Å²) in [5, 5.41) is 0.663. The van der Waals surface area contributed by atoms with Gasteiger partial charge in [0.1, 0.15) is 0 Å². The monoisotopic (exact) mass is 566 g/mol. The molecule has 0 radical (unpaired) electrons. The molecule has 0 aliphatic carbocycles. The second-order valence-electron chi connectivity index (χ2n) is 9.39. The Balaban J connectivity index is 0.00000481. The Bertz CT molecular complexity index is 1280. The second-order valence-corrected chi connectivity index (χ2v) is 12.3. The van der Waals surface area contributed by atoms with E-state index in [-0.39, 0.29) is 23.2 Å². The van der Waals surface area contributed by atoms with Gasteiger partial charge in [0.05, 0.1) is 15.1 Å². The predicted octanol–water partition coefficient (Wildman–Crippen LogP) is 5.74. The molecule has 0 N–H and O–H groups in total. The van der Waals surface area contributed by atoms with Crippen molar-refractivity contribution in [2.45, 2.75) is 51.9 Å². The van der Waals surface area contributed by atoms with Gasteiger partial charge in [0, 0.05) is 25.2 Å². The molecule has 0 aliphatic rings. The molecule has 0 unspecified atom stereocenters. The molecule has 3 rings (SSSR count). The van der Waals surface area contributed by atoms with Crippen molar-refractivity contribution in [3.05, 3.63) is 53.1 Å². The number of benzene rings is 2. The number of sulfonamides is 1. The molecular weight excluding hydrogens is 528 g/mol. The van der Waals surface area contributed by atoms with E-state index in [4.69, 9.17) is 4.98 Å². The first-order chi connectivity index (χ1) is 17.1. The van der Waals surface area contributed by atoms with Crippen LogP contribution in [0.25, 0.3) is 10.2 Å². The highest BCUT2D eigenvalue weighted by Crippen LogP contribution is 2.33. The number of amides is 1. The molecular formula is C27H39ClN4O3S2. The summed E-state index contributed by atoms with van der Waals surface area (Å²) in [4.78, 5) is 22.5. The normalized spacial score (nSPS) is 11.8. The van der Waals surface area contributed by atoms with Gasteiger partial charge < -0.3 is 4.90 Å². The van der Waals surface area contributed by atoms with Crippen LogP contribution in [0.4, 0.5) is 5.13 Å². The summed E-state index contributed by atoms with van der Waals surface area (Å²) in [7, 11) is 0.421. The molecule has 1 aromatic heterocycles. The molecule has 7 nitrogen and oxygen atoms in total. The standard InChI is InChI=1S/C27H38N4O3S2.ClH/c1-7-16-30(17-8-2)36(33,34)23-13-11-22(12-14-23)26(32)31(19-9-18-29(5)6)27-28-25-21(4)20(3)10-15-24(25)35-27;/h10-15H,7-9,16-19H2,1-6H3;1H. The second kappa shape index (κ2) is 13.7. The van der Waals surface area contributed by atoms with Gasteiger partial charge in [0.2, 0.25) is 10.0 Å². The van der Waals surface area contributed by atoms with Crippen LogP contribution in [-0.4, -0.2) is 68.8 Å². The molecule has 0 saturated carbocycles. The highest BCUT2D eigenvalue weighted by Gasteiger charge is 2.25. The fraction of sp³-hybridized carbons (Fsp3) is 0.481. The molecule has 1 amide bonds. The zero-order valence-electron chi connectivity index (χ0n) is 22.7. The summed E-state index contributed by atoms with van der Waals surface area (Å²) >= 11 is 1.51. The topological polar surface area (TPSA) is 73.8 Å². The molecule has 10 heteroatoms. The van der Waals surface area contributed by atoms with Crippen molar-refractivity contribution in [2.75, 3.05) is 45.2 Å². The molecule has 0 atom stereocenters. The van der Waals surface area contributed by atoms with E-state index in [1.165, 1.54) is 21.2 Å².